The van der Waals surface area contributed by atoms with Gasteiger partial charge in [0.25, 0.3) is 5.91 Å². The molecule has 7 aromatic rings. The Morgan fingerprint density at radius 2 is 1.15 bits per heavy atom. The molecule has 3 aliphatic carbocycles. The highest BCUT2D eigenvalue weighted by Gasteiger charge is 2.47. The van der Waals surface area contributed by atoms with Gasteiger partial charge in [0.15, 0.2) is 0 Å². The zero-order valence-corrected chi connectivity index (χ0v) is 36.5. The molecule has 302 valence electrons. The first-order valence-electron chi connectivity index (χ1n) is 20.8. The SMILES string of the molecule is Cc1cc(C)c2c(c1)Cc1cc(C)cc(C)c1OP(Oc1cccc3c1C1c4ccccc4C3c3cccc(OP4N(Cc5ccccc5)C(=O)c5ccccc5N4C)c31)O2. The molecule has 9 heteroatoms. The molecule has 1 amide bonds. The number of para-hydroxylation sites is 1. The second kappa shape index (κ2) is 14.8. The van der Waals surface area contributed by atoms with Gasteiger partial charge >= 0.3 is 17.1 Å². The predicted octanol–water partition coefficient (Wildman–Crippen LogP) is 13.0. The first kappa shape index (κ1) is 37.8. The summed E-state index contributed by atoms with van der Waals surface area (Å²) in [7, 11) is -1.53. The van der Waals surface area contributed by atoms with Gasteiger partial charge < -0.3 is 22.8 Å². The number of fused-ring (bicyclic) bond motifs is 3. The van der Waals surface area contributed by atoms with Crippen LogP contribution in [0.1, 0.15) is 94.5 Å². The minimum Gasteiger partial charge on any atom is -0.436 e. The Hall–Kier alpha value is -6.13. The van der Waals surface area contributed by atoms with Crippen LogP contribution in [0.5, 0.6) is 23.0 Å². The van der Waals surface area contributed by atoms with E-state index in [1.165, 1.54) is 33.4 Å². The van der Waals surface area contributed by atoms with Gasteiger partial charge in [-0.1, -0.05) is 126 Å². The molecule has 7 nitrogen and oxygen atoms in total. The molecule has 3 atom stereocenters. The zero-order valence-electron chi connectivity index (χ0n) is 34.7. The molecule has 3 unspecified atom stereocenters. The van der Waals surface area contributed by atoms with E-state index < -0.39 is 17.1 Å². The summed E-state index contributed by atoms with van der Waals surface area (Å²) in [4.78, 5) is 14.4. The second-order valence-corrected chi connectivity index (χ2v) is 19.3. The molecule has 2 aliphatic heterocycles. The lowest BCUT2D eigenvalue weighted by Crippen LogP contribution is -2.39. The van der Waals surface area contributed by atoms with Crippen LogP contribution in [-0.2, 0) is 13.0 Å². The van der Waals surface area contributed by atoms with Crippen LogP contribution in [0.15, 0.2) is 140 Å². The van der Waals surface area contributed by atoms with E-state index in [1.807, 2.05) is 54.2 Å². The lowest BCUT2D eigenvalue weighted by molar-refractivity contribution is 0.0847. The van der Waals surface area contributed by atoms with Crippen molar-refractivity contribution in [3.05, 3.63) is 217 Å². The van der Waals surface area contributed by atoms with Gasteiger partial charge in [-0.2, -0.15) is 0 Å². The Balaban J connectivity index is 1.03. The number of aryl methyl sites for hydroxylation is 4. The van der Waals surface area contributed by atoms with Crippen LogP contribution in [0.4, 0.5) is 5.69 Å². The Morgan fingerprint density at radius 3 is 1.79 bits per heavy atom. The molecule has 0 spiro atoms. The van der Waals surface area contributed by atoms with Crippen molar-refractivity contribution in [2.45, 2.75) is 52.5 Å². The van der Waals surface area contributed by atoms with Gasteiger partial charge in [0.2, 0.25) is 0 Å². The summed E-state index contributed by atoms with van der Waals surface area (Å²) < 4.78 is 32.2. The molecule has 5 aliphatic rings. The van der Waals surface area contributed by atoms with Crippen LogP contribution in [-0.4, -0.2) is 17.6 Å². The van der Waals surface area contributed by atoms with Crippen molar-refractivity contribution in [1.29, 1.82) is 0 Å². The third kappa shape index (κ3) is 6.28. The average molecular weight is 839 g/mol. The molecular weight excluding hydrogens is 795 g/mol. The highest BCUT2D eigenvalue weighted by Crippen LogP contribution is 2.63. The van der Waals surface area contributed by atoms with Crippen molar-refractivity contribution in [2.75, 3.05) is 11.7 Å². The first-order valence-corrected chi connectivity index (χ1v) is 23.0. The number of nitrogens with zero attached hydrogens (tertiary/aromatic N) is 2. The van der Waals surface area contributed by atoms with Crippen molar-refractivity contribution in [3.8, 4) is 23.0 Å². The van der Waals surface area contributed by atoms with Crippen LogP contribution in [0.3, 0.4) is 0 Å². The molecule has 12 rings (SSSR count). The van der Waals surface area contributed by atoms with Gasteiger partial charge in [-0.15, -0.1) is 0 Å². The number of anilines is 1. The number of carbonyl (C=O) groups is 1. The Labute approximate surface area is 359 Å². The maximum absolute atomic E-state index is 14.4. The third-order valence-electron chi connectivity index (χ3n) is 12.4. The van der Waals surface area contributed by atoms with Crippen LogP contribution >= 0.6 is 17.1 Å². The average Bonchev–Trinajstić information content (AvgIpc) is 3.25. The first-order chi connectivity index (χ1) is 29.7. The van der Waals surface area contributed by atoms with E-state index in [0.29, 0.717) is 18.5 Å². The van der Waals surface area contributed by atoms with E-state index >= 15 is 0 Å². The molecule has 61 heavy (non-hydrogen) atoms. The molecule has 0 aromatic heterocycles. The minimum absolute atomic E-state index is 0.0400. The van der Waals surface area contributed by atoms with Crippen LogP contribution in [0, 0.1) is 27.7 Å². The van der Waals surface area contributed by atoms with Gasteiger partial charge in [-0.25, -0.2) is 0 Å². The molecule has 0 N–H and O–H groups in total. The maximum atomic E-state index is 14.4. The van der Waals surface area contributed by atoms with Crippen LogP contribution in [0.2, 0.25) is 0 Å². The fourth-order valence-corrected chi connectivity index (χ4v) is 13.0. The third-order valence-corrected chi connectivity index (χ3v) is 15.3. The number of rotatable bonds is 6. The summed E-state index contributed by atoms with van der Waals surface area (Å²) in [6.45, 7) is 8.88. The number of benzene rings is 7. The number of hydrogen-bond donors (Lipinski definition) is 0. The molecular formula is C52H44N2O5P2. The molecule has 0 saturated heterocycles. The Morgan fingerprint density at radius 1 is 0.607 bits per heavy atom. The summed E-state index contributed by atoms with van der Waals surface area (Å²) in [6.07, 6.45) is 0.706. The molecule has 7 aromatic carbocycles. The molecule has 0 fully saturated rings. The van der Waals surface area contributed by atoms with E-state index in [4.69, 9.17) is 18.1 Å². The van der Waals surface area contributed by atoms with Crippen molar-refractivity contribution in [3.63, 3.8) is 0 Å². The highest BCUT2D eigenvalue weighted by molar-refractivity contribution is 7.53. The van der Waals surface area contributed by atoms with Gasteiger partial charge in [0.05, 0.1) is 17.8 Å². The van der Waals surface area contributed by atoms with E-state index in [9.17, 15) is 4.79 Å². The highest BCUT2D eigenvalue weighted by atomic mass is 31.2. The number of hydrogen-bond acceptors (Lipinski definition) is 6. The van der Waals surface area contributed by atoms with E-state index in [2.05, 4.69) is 129 Å². The summed E-state index contributed by atoms with van der Waals surface area (Å²) in [5.41, 5.74) is 16.4. The van der Waals surface area contributed by atoms with E-state index in [0.717, 1.165) is 67.6 Å². The number of carbonyl (C=O) groups excluding carboxylic acids is 1. The Bertz CT molecular complexity index is 2860. The number of amides is 1. The molecule has 2 bridgehead atoms. The van der Waals surface area contributed by atoms with Crippen LogP contribution in [0.25, 0.3) is 0 Å². The van der Waals surface area contributed by atoms with Crippen LogP contribution < -0.4 is 22.8 Å². The fourth-order valence-electron chi connectivity index (χ4n) is 9.99. The molecule has 2 heterocycles. The quantitative estimate of drug-likeness (QED) is 0.155. The predicted molar refractivity (Wildman–Crippen MR) is 243 cm³/mol. The summed E-state index contributed by atoms with van der Waals surface area (Å²) in [6, 6.07) is 48.3. The molecule has 0 saturated carbocycles. The summed E-state index contributed by atoms with van der Waals surface area (Å²) >= 11 is 0. The topological polar surface area (TPSA) is 60.5 Å². The largest absolute Gasteiger partial charge is 0.530 e. The summed E-state index contributed by atoms with van der Waals surface area (Å²) in [5, 5.41) is 0. The standard InChI is InChI=1S/C52H44N2O5P2/c1-31-25-33(3)50-36(27-31)29-37-28-32(2)26-34(4)51(37)59-61(58-50)57-45-24-14-21-42-46-38-17-9-10-18-39(38)49(48(42)45)47-41(46)20-13-23-44(47)56-60-53(5)43-22-12-11-19-40(43)52(55)54(60)30-35-15-7-6-8-16-35/h6-28,46,49H,29-30H2,1-5H3. The zero-order chi connectivity index (χ0) is 41.5. The fraction of sp³-hybridized carbons (Fsp3) is 0.173. The van der Waals surface area contributed by atoms with Crippen molar-refractivity contribution >= 4 is 28.6 Å². The normalized spacial score (nSPS) is 18.2. The van der Waals surface area contributed by atoms with E-state index in [-0.39, 0.29) is 17.7 Å². The smallest absolute Gasteiger partial charge is 0.436 e. The monoisotopic (exact) mass is 838 g/mol. The Kier molecular flexibility index (Phi) is 9.18. The summed E-state index contributed by atoms with van der Waals surface area (Å²) in [5.74, 6) is 2.80. The molecule has 0 radical (unpaired) electrons. The lowest BCUT2D eigenvalue weighted by atomic mass is 9.61. The lowest BCUT2D eigenvalue weighted by Gasteiger charge is -2.45. The van der Waals surface area contributed by atoms with Crippen molar-refractivity contribution in [1.82, 2.24) is 4.67 Å². The van der Waals surface area contributed by atoms with E-state index in [1.54, 1.807) is 0 Å². The van der Waals surface area contributed by atoms with Gasteiger partial charge in [-0.3, -0.25) is 9.46 Å². The van der Waals surface area contributed by atoms with Gasteiger partial charge in [0.1, 0.15) is 23.0 Å². The van der Waals surface area contributed by atoms with Crippen molar-refractivity contribution in [2.24, 2.45) is 0 Å². The minimum atomic E-state index is -1.94. The maximum Gasteiger partial charge on any atom is 0.530 e. The second-order valence-electron chi connectivity index (χ2n) is 16.6. The van der Waals surface area contributed by atoms with Gasteiger partial charge in [0, 0.05) is 36.4 Å². The van der Waals surface area contributed by atoms with Gasteiger partial charge in [-0.05, 0) is 102 Å². The van der Waals surface area contributed by atoms with Crippen molar-refractivity contribution < 1.29 is 22.9 Å².